The first-order valence-corrected chi connectivity index (χ1v) is 11.5. The van der Waals surface area contributed by atoms with Crippen molar-refractivity contribution >= 4 is 22.5 Å². The summed E-state index contributed by atoms with van der Waals surface area (Å²) in [5.74, 6) is 0.0202. The first-order chi connectivity index (χ1) is 16.4. The maximum absolute atomic E-state index is 12.5. The Morgan fingerprint density at radius 1 is 1.21 bits per heavy atom. The number of benzene rings is 1. The second-order valence-corrected chi connectivity index (χ2v) is 9.36. The van der Waals surface area contributed by atoms with E-state index in [0.717, 1.165) is 59.1 Å². The molecule has 0 saturated carbocycles. The van der Waals surface area contributed by atoms with Crippen LogP contribution in [0.4, 0.5) is 5.69 Å². The molecule has 3 aromatic heterocycles. The number of amides is 1. The van der Waals surface area contributed by atoms with Crippen LogP contribution in [0.3, 0.4) is 0 Å². The normalized spacial score (nSPS) is 22.0. The summed E-state index contributed by atoms with van der Waals surface area (Å²) < 4.78 is 8.06. The van der Waals surface area contributed by atoms with E-state index < -0.39 is 5.91 Å². The molecule has 2 fully saturated rings. The predicted molar refractivity (Wildman–Crippen MR) is 127 cm³/mol. The largest absolute Gasteiger partial charge is 0.435 e. The van der Waals surface area contributed by atoms with Crippen LogP contribution in [0.1, 0.15) is 41.9 Å². The summed E-state index contributed by atoms with van der Waals surface area (Å²) in [6, 6.07) is 8.21. The van der Waals surface area contributed by atoms with E-state index in [4.69, 9.17) is 10.2 Å². The maximum atomic E-state index is 12.5. The highest BCUT2D eigenvalue weighted by atomic mass is 16.4. The number of hydrogen-bond donors (Lipinski definition) is 2. The lowest BCUT2D eigenvalue weighted by Gasteiger charge is -2.40. The topological polar surface area (TPSA) is 123 Å². The molecule has 1 amide bonds. The highest BCUT2D eigenvalue weighted by Crippen LogP contribution is 2.46. The van der Waals surface area contributed by atoms with Crippen molar-refractivity contribution in [2.45, 2.75) is 50.8 Å². The van der Waals surface area contributed by atoms with Crippen LogP contribution in [0.5, 0.6) is 0 Å². The maximum Gasteiger partial charge on any atom is 0.271 e. The third-order valence-electron chi connectivity index (χ3n) is 7.10. The van der Waals surface area contributed by atoms with Gasteiger partial charge in [0.25, 0.3) is 5.91 Å². The Balaban J connectivity index is 1.58. The minimum Gasteiger partial charge on any atom is -0.435 e. The Labute approximate surface area is 196 Å². The number of nitrogens with zero attached hydrogens (tertiary/aromatic N) is 5. The molecule has 1 aromatic carbocycles. The van der Waals surface area contributed by atoms with Gasteiger partial charge in [0.15, 0.2) is 11.5 Å². The number of rotatable bonds is 4. The van der Waals surface area contributed by atoms with Gasteiger partial charge in [-0.2, -0.15) is 5.10 Å². The molecular weight excluding hydrogens is 432 g/mol. The van der Waals surface area contributed by atoms with Crippen LogP contribution in [-0.4, -0.2) is 48.9 Å². The number of anilines is 1. The Kier molecular flexibility index (Phi) is 4.70. The van der Waals surface area contributed by atoms with E-state index in [1.54, 1.807) is 16.9 Å². The third-order valence-corrected chi connectivity index (χ3v) is 7.10. The zero-order valence-electron chi connectivity index (χ0n) is 19.1. The van der Waals surface area contributed by atoms with Crippen molar-refractivity contribution in [1.82, 2.24) is 19.7 Å². The van der Waals surface area contributed by atoms with Crippen molar-refractivity contribution < 1.29 is 14.3 Å². The van der Waals surface area contributed by atoms with Crippen molar-refractivity contribution in [2.75, 3.05) is 4.90 Å². The van der Waals surface area contributed by atoms with E-state index in [0.29, 0.717) is 11.7 Å². The van der Waals surface area contributed by atoms with Crippen LogP contribution >= 0.6 is 0 Å². The molecule has 34 heavy (non-hydrogen) atoms. The Morgan fingerprint density at radius 2 is 1.97 bits per heavy atom. The lowest BCUT2D eigenvalue weighted by atomic mass is 9.96. The van der Waals surface area contributed by atoms with Gasteiger partial charge in [0, 0.05) is 53.2 Å². The molecule has 0 spiro atoms. The fourth-order valence-electron chi connectivity index (χ4n) is 5.60. The van der Waals surface area contributed by atoms with Crippen molar-refractivity contribution in [3.8, 4) is 22.8 Å². The number of hydrogen-bond acceptors (Lipinski definition) is 7. The Hall–Kier alpha value is -3.72. The van der Waals surface area contributed by atoms with E-state index in [1.807, 2.05) is 32.3 Å². The third kappa shape index (κ3) is 3.27. The summed E-state index contributed by atoms with van der Waals surface area (Å²) in [7, 11) is 1.88. The van der Waals surface area contributed by atoms with Crippen LogP contribution in [0.2, 0.25) is 0 Å². The summed E-state index contributed by atoms with van der Waals surface area (Å²) >= 11 is 0. The molecule has 9 nitrogen and oxygen atoms in total. The summed E-state index contributed by atoms with van der Waals surface area (Å²) in [6.45, 7) is 1.89. The standard InChI is InChI=1S/C25H26N6O3/c1-13-7-14(5-6-27-13)25-29-22(24(26)33)23(34-25)19-11-20-15(12-28-30(20)2)8-21(19)31-16-3-4-17(31)10-18(32)9-16/h5-8,11-12,16-18,32H,3-4,9-10H2,1-2H3,(H2,26,33). The molecule has 2 unspecified atom stereocenters. The van der Waals surface area contributed by atoms with Crippen LogP contribution in [0.15, 0.2) is 41.1 Å². The molecule has 2 bridgehead atoms. The molecule has 2 aliphatic rings. The van der Waals surface area contributed by atoms with Crippen LogP contribution in [0, 0.1) is 6.92 Å². The van der Waals surface area contributed by atoms with Gasteiger partial charge >= 0.3 is 0 Å². The zero-order chi connectivity index (χ0) is 23.6. The molecule has 2 aliphatic heterocycles. The van der Waals surface area contributed by atoms with Gasteiger partial charge in [-0.05, 0) is 56.9 Å². The fraction of sp³-hybridized carbons (Fsp3) is 0.360. The van der Waals surface area contributed by atoms with Gasteiger partial charge in [0.1, 0.15) is 0 Å². The molecule has 0 aliphatic carbocycles. The summed E-state index contributed by atoms with van der Waals surface area (Å²) in [6.07, 6.45) is 6.72. The second-order valence-electron chi connectivity index (χ2n) is 9.36. The molecule has 174 valence electrons. The lowest BCUT2D eigenvalue weighted by molar-refractivity contribution is 0.0996. The number of aliphatic hydroxyl groups is 1. The molecule has 4 aromatic rings. The fourth-order valence-corrected chi connectivity index (χ4v) is 5.60. The number of primary amides is 1. The van der Waals surface area contributed by atoms with Gasteiger partial charge in [-0.25, -0.2) is 4.98 Å². The quantitative estimate of drug-likeness (QED) is 0.481. The Morgan fingerprint density at radius 3 is 2.68 bits per heavy atom. The molecule has 2 saturated heterocycles. The number of carbonyl (C=O) groups excluding carboxylic acids is 1. The van der Waals surface area contributed by atoms with Gasteiger partial charge < -0.3 is 20.2 Å². The first kappa shape index (κ1) is 20.9. The van der Waals surface area contributed by atoms with Gasteiger partial charge in [-0.3, -0.25) is 14.5 Å². The van der Waals surface area contributed by atoms with E-state index in [-0.39, 0.29) is 23.9 Å². The minimum atomic E-state index is -0.649. The molecule has 9 heteroatoms. The van der Waals surface area contributed by atoms with Crippen LogP contribution in [0.25, 0.3) is 33.7 Å². The van der Waals surface area contributed by atoms with Gasteiger partial charge in [0.2, 0.25) is 5.89 Å². The van der Waals surface area contributed by atoms with Crippen LogP contribution < -0.4 is 10.6 Å². The van der Waals surface area contributed by atoms with Gasteiger partial charge in [-0.1, -0.05) is 0 Å². The summed E-state index contributed by atoms with van der Waals surface area (Å²) in [5.41, 5.74) is 10.0. The van der Waals surface area contributed by atoms with Crippen molar-refractivity contribution in [3.63, 3.8) is 0 Å². The smallest absolute Gasteiger partial charge is 0.271 e. The number of carbonyl (C=O) groups is 1. The highest BCUT2D eigenvalue weighted by molar-refractivity contribution is 6.01. The predicted octanol–water partition coefficient (Wildman–Crippen LogP) is 3.19. The zero-order valence-corrected chi connectivity index (χ0v) is 19.1. The number of aliphatic hydroxyl groups excluding tert-OH is 1. The summed E-state index contributed by atoms with van der Waals surface area (Å²) in [4.78, 5) is 23.6. The van der Waals surface area contributed by atoms with Crippen molar-refractivity contribution in [1.29, 1.82) is 0 Å². The van der Waals surface area contributed by atoms with Crippen LogP contribution in [-0.2, 0) is 7.05 Å². The van der Waals surface area contributed by atoms with E-state index in [1.165, 1.54) is 0 Å². The van der Waals surface area contributed by atoms with Crippen molar-refractivity contribution in [2.24, 2.45) is 12.8 Å². The molecule has 5 heterocycles. The number of fused-ring (bicyclic) bond motifs is 3. The second kappa shape index (κ2) is 7.66. The van der Waals surface area contributed by atoms with E-state index in [2.05, 4.69) is 26.0 Å². The summed E-state index contributed by atoms with van der Waals surface area (Å²) in [5, 5.41) is 15.8. The molecular formula is C25H26N6O3. The van der Waals surface area contributed by atoms with Gasteiger partial charge in [-0.15, -0.1) is 0 Å². The lowest BCUT2D eigenvalue weighted by Crippen LogP contribution is -2.45. The molecule has 2 atom stereocenters. The number of oxazole rings is 1. The average Bonchev–Trinajstić information content (AvgIpc) is 3.47. The van der Waals surface area contributed by atoms with E-state index >= 15 is 0 Å². The highest BCUT2D eigenvalue weighted by Gasteiger charge is 2.42. The molecule has 6 rings (SSSR count). The minimum absolute atomic E-state index is 0.0941. The molecule has 3 N–H and O–H groups in total. The number of aryl methyl sites for hydroxylation is 2. The number of aromatic nitrogens is 4. The first-order valence-electron chi connectivity index (χ1n) is 11.5. The number of piperidine rings is 1. The average molecular weight is 459 g/mol. The number of nitrogens with two attached hydrogens (primary N) is 1. The Bertz CT molecular complexity index is 1410. The van der Waals surface area contributed by atoms with Crippen molar-refractivity contribution in [3.05, 3.63) is 48.0 Å². The van der Waals surface area contributed by atoms with Gasteiger partial charge in [0.05, 0.1) is 17.8 Å². The monoisotopic (exact) mass is 458 g/mol. The number of pyridine rings is 1. The molecule has 0 radical (unpaired) electrons. The van der Waals surface area contributed by atoms with E-state index in [9.17, 15) is 9.90 Å². The SMILES string of the molecule is Cc1cc(-c2nc(C(N)=O)c(-c3cc4c(cnn4C)cc3N3C4CCC3CC(O)C4)o2)ccn1.